The quantitative estimate of drug-likeness (QED) is 0.923. The number of benzene rings is 1. The maximum absolute atomic E-state index is 12.4. The van der Waals surface area contributed by atoms with Crippen LogP contribution in [0.25, 0.3) is 0 Å². The third-order valence-electron chi connectivity index (χ3n) is 3.87. The van der Waals surface area contributed by atoms with Crippen molar-refractivity contribution in [3.63, 3.8) is 0 Å². The normalized spacial score (nSPS) is 19.4. The Balaban J connectivity index is 2.51. The van der Waals surface area contributed by atoms with Crippen molar-refractivity contribution in [2.45, 2.75) is 52.2 Å². The van der Waals surface area contributed by atoms with E-state index in [1.54, 1.807) is 13.2 Å². The number of amides is 1. The topological polar surface area (TPSA) is 47.6 Å². The lowest BCUT2D eigenvalue weighted by Gasteiger charge is -2.23. The van der Waals surface area contributed by atoms with Crippen LogP contribution >= 0.6 is 0 Å². The molecule has 1 N–H and O–H groups in total. The molecule has 4 heteroatoms. The van der Waals surface area contributed by atoms with E-state index in [1.165, 1.54) is 0 Å². The van der Waals surface area contributed by atoms with Crippen molar-refractivity contribution in [2.75, 3.05) is 7.11 Å². The average Bonchev–Trinajstić information content (AvgIpc) is 2.58. The number of nitrogens with one attached hydrogen (secondary N) is 1. The number of rotatable bonds is 3. The Kier molecular flexibility index (Phi) is 3.67. The Morgan fingerprint density at radius 3 is 2.60 bits per heavy atom. The molecule has 1 aliphatic rings. The maximum atomic E-state index is 12.4. The molecule has 0 aliphatic carbocycles. The third-order valence-corrected chi connectivity index (χ3v) is 3.87. The summed E-state index contributed by atoms with van der Waals surface area (Å²) in [5.41, 5.74) is 1.26. The van der Waals surface area contributed by atoms with Gasteiger partial charge in [0.15, 0.2) is 0 Å². The molecule has 0 saturated carbocycles. The minimum atomic E-state index is -0.318. The van der Waals surface area contributed by atoms with Crippen LogP contribution in [0.2, 0.25) is 0 Å². The standard InChI is InChI=1S/C16H23NO3/c1-9(2)17-15(18)13-8-11(19-6)7-12-10(3)16(4,5)20-14(12)13/h7-10H,1-6H3,(H,17,18). The van der Waals surface area contributed by atoms with Gasteiger partial charge in [0.2, 0.25) is 0 Å². The zero-order chi connectivity index (χ0) is 15.1. The first-order valence-corrected chi connectivity index (χ1v) is 6.98. The highest BCUT2D eigenvalue weighted by molar-refractivity contribution is 5.98. The Morgan fingerprint density at radius 1 is 1.40 bits per heavy atom. The summed E-state index contributed by atoms with van der Waals surface area (Å²) in [5.74, 6) is 1.45. The number of ether oxygens (including phenoxy) is 2. The molecule has 0 spiro atoms. The largest absolute Gasteiger partial charge is 0.497 e. The van der Waals surface area contributed by atoms with Crippen LogP contribution in [-0.4, -0.2) is 24.7 Å². The van der Waals surface area contributed by atoms with Gasteiger partial charge in [-0.05, 0) is 39.8 Å². The van der Waals surface area contributed by atoms with Crippen LogP contribution in [0.4, 0.5) is 0 Å². The highest BCUT2D eigenvalue weighted by Crippen LogP contribution is 2.47. The van der Waals surface area contributed by atoms with E-state index in [1.807, 2.05) is 33.8 Å². The highest BCUT2D eigenvalue weighted by atomic mass is 16.5. The van der Waals surface area contributed by atoms with Gasteiger partial charge in [0.25, 0.3) is 5.91 Å². The van der Waals surface area contributed by atoms with E-state index in [0.29, 0.717) is 17.1 Å². The summed E-state index contributed by atoms with van der Waals surface area (Å²) >= 11 is 0. The van der Waals surface area contributed by atoms with E-state index in [0.717, 1.165) is 5.56 Å². The lowest BCUT2D eigenvalue weighted by molar-refractivity contribution is 0.0918. The molecular formula is C16H23NO3. The first kappa shape index (κ1) is 14.7. The number of hydrogen-bond acceptors (Lipinski definition) is 3. The summed E-state index contributed by atoms with van der Waals surface area (Å²) in [6, 6.07) is 3.78. The summed E-state index contributed by atoms with van der Waals surface area (Å²) in [4.78, 5) is 12.4. The van der Waals surface area contributed by atoms with E-state index in [4.69, 9.17) is 9.47 Å². The number of fused-ring (bicyclic) bond motifs is 1. The predicted molar refractivity (Wildman–Crippen MR) is 78.7 cm³/mol. The number of methoxy groups -OCH3 is 1. The molecule has 2 rings (SSSR count). The average molecular weight is 277 g/mol. The van der Waals surface area contributed by atoms with Crippen LogP contribution in [0, 0.1) is 0 Å². The van der Waals surface area contributed by atoms with Crippen molar-refractivity contribution < 1.29 is 14.3 Å². The fourth-order valence-electron chi connectivity index (χ4n) is 2.41. The molecule has 110 valence electrons. The van der Waals surface area contributed by atoms with Crippen LogP contribution in [-0.2, 0) is 0 Å². The van der Waals surface area contributed by atoms with Gasteiger partial charge >= 0.3 is 0 Å². The van der Waals surface area contributed by atoms with Gasteiger partial charge in [0.05, 0.1) is 12.7 Å². The first-order chi connectivity index (χ1) is 9.26. The number of hydrogen-bond donors (Lipinski definition) is 1. The van der Waals surface area contributed by atoms with Crippen LogP contribution in [0.1, 0.15) is 56.5 Å². The van der Waals surface area contributed by atoms with Gasteiger partial charge in [-0.25, -0.2) is 0 Å². The van der Waals surface area contributed by atoms with Crippen molar-refractivity contribution in [1.29, 1.82) is 0 Å². The number of carbonyl (C=O) groups excluding carboxylic acids is 1. The Morgan fingerprint density at radius 2 is 2.05 bits per heavy atom. The number of carbonyl (C=O) groups is 1. The summed E-state index contributed by atoms with van der Waals surface area (Å²) < 4.78 is 11.3. The lowest BCUT2D eigenvalue weighted by Crippen LogP contribution is -2.31. The fourth-order valence-corrected chi connectivity index (χ4v) is 2.41. The Hall–Kier alpha value is -1.71. The molecule has 0 radical (unpaired) electrons. The predicted octanol–water partition coefficient (Wildman–Crippen LogP) is 3.11. The molecule has 0 bridgehead atoms. The Bertz CT molecular complexity index is 535. The van der Waals surface area contributed by atoms with Gasteiger partial charge in [0.1, 0.15) is 17.1 Å². The van der Waals surface area contributed by atoms with Crippen molar-refractivity contribution in [2.24, 2.45) is 0 Å². The van der Waals surface area contributed by atoms with Crippen molar-refractivity contribution in [3.05, 3.63) is 23.3 Å². The van der Waals surface area contributed by atoms with Gasteiger partial charge in [-0.3, -0.25) is 4.79 Å². The van der Waals surface area contributed by atoms with E-state index in [9.17, 15) is 4.79 Å². The zero-order valence-corrected chi connectivity index (χ0v) is 13.0. The van der Waals surface area contributed by atoms with Crippen molar-refractivity contribution >= 4 is 5.91 Å². The van der Waals surface area contributed by atoms with Crippen LogP contribution < -0.4 is 14.8 Å². The van der Waals surface area contributed by atoms with Gasteiger partial charge in [0, 0.05) is 17.5 Å². The monoisotopic (exact) mass is 277 g/mol. The fraction of sp³-hybridized carbons (Fsp3) is 0.562. The van der Waals surface area contributed by atoms with Crippen LogP contribution in [0.3, 0.4) is 0 Å². The second-order valence-corrected chi connectivity index (χ2v) is 6.15. The molecule has 1 unspecified atom stereocenters. The highest BCUT2D eigenvalue weighted by Gasteiger charge is 2.40. The summed E-state index contributed by atoms with van der Waals surface area (Å²) in [6.45, 7) is 10.1. The third kappa shape index (κ3) is 2.47. The molecule has 0 saturated heterocycles. The van der Waals surface area contributed by atoms with Gasteiger partial charge < -0.3 is 14.8 Å². The molecule has 20 heavy (non-hydrogen) atoms. The first-order valence-electron chi connectivity index (χ1n) is 6.98. The van der Waals surface area contributed by atoms with E-state index in [-0.39, 0.29) is 23.5 Å². The maximum Gasteiger partial charge on any atom is 0.255 e. The lowest BCUT2D eigenvalue weighted by atomic mass is 9.88. The zero-order valence-electron chi connectivity index (χ0n) is 13.0. The Labute approximate surface area is 120 Å². The molecule has 1 atom stereocenters. The molecule has 0 fully saturated rings. The van der Waals surface area contributed by atoms with Gasteiger partial charge in [-0.15, -0.1) is 0 Å². The minimum absolute atomic E-state index is 0.0798. The van der Waals surface area contributed by atoms with E-state index < -0.39 is 0 Å². The summed E-state index contributed by atoms with van der Waals surface area (Å²) in [7, 11) is 1.61. The molecule has 4 nitrogen and oxygen atoms in total. The molecule has 1 aliphatic heterocycles. The molecular weight excluding hydrogens is 254 g/mol. The van der Waals surface area contributed by atoms with Crippen molar-refractivity contribution in [3.8, 4) is 11.5 Å². The second-order valence-electron chi connectivity index (χ2n) is 6.15. The molecule has 1 aromatic rings. The van der Waals surface area contributed by atoms with Gasteiger partial charge in [-0.1, -0.05) is 6.92 Å². The van der Waals surface area contributed by atoms with E-state index >= 15 is 0 Å². The van der Waals surface area contributed by atoms with Gasteiger partial charge in [-0.2, -0.15) is 0 Å². The summed E-state index contributed by atoms with van der Waals surface area (Å²) in [5, 5.41) is 2.91. The summed E-state index contributed by atoms with van der Waals surface area (Å²) in [6.07, 6.45) is 0. The second kappa shape index (κ2) is 5.00. The SMILES string of the molecule is COc1cc(C(=O)NC(C)C)c2c(c1)C(C)C(C)(C)O2. The smallest absolute Gasteiger partial charge is 0.255 e. The molecule has 0 aromatic heterocycles. The molecule has 1 heterocycles. The minimum Gasteiger partial charge on any atom is -0.497 e. The molecule has 1 aromatic carbocycles. The molecule has 1 amide bonds. The van der Waals surface area contributed by atoms with E-state index in [2.05, 4.69) is 12.2 Å². The van der Waals surface area contributed by atoms with Crippen LogP contribution in [0.5, 0.6) is 11.5 Å². The van der Waals surface area contributed by atoms with Crippen molar-refractivity contribution in [1.82, 2.24) is 5.32 Å². The van der Waals surface area contributed by atoms with Crippen LogP contribution in [0.15, 0.2) is 12.1 Å².